The summed E-state index contributed by atoms with van der Waals surface area (Å²) >= 11 is 2.61. The second-order valence-electron chi connectivity index (χ2n) is 7.75. The van der Waals surface area contributed by atoms with Crippen LogP contribution in [0.25, 0.3) is 0 Å². The molecule has 4 fully saturated rings. The van der Waals surface area contributed by atoms with Crippen molar-refractivity contribution in [1.29, 1.82) is 0 Å². The second-order valence-corrected chi connectivity index (χ2v) is 9.95. The van der Waals surface area contributed by atoms with Crippen LogP contribution in [0, 0.1) is 17.8 Å². The maximum atomic E-state index is 12.5. The van der Waals surface area contributed by atoms with Crippen molar-refractivity contribution < 1.29 is 14.3 Å². The average molecular weight is 397 g/mol. The molecule has 0 spiro atoms. The molecule has 5 rings (SSSR count). The SMILES string of the molecule is CCOC(=O)Nc1nnc(SCC(=O)NC23CC4CC(CC(C4)C2)C3)s1. The zero-order valence-corrected chi connectivity index (χ0v) is 16.5. The van der Waals surface area contributed by atoms with Crippen LogP contribution in [0.15, 0.2) is 4.34 Å². The molecular weight excluding hydrogens is 372 g/mol. The van der Waals surface area contributed by atoms with Crippen molar-refractivity contribution in [2.24, 2.45) is 17.8 Å². The highest BCUT2D eigenvalue weighted by Crippen LogP contribution is 2.55. The summed E-state index contributed by atoms with van der Waals surface area (Å²) in [5.41, 5.74) is 0.0458. The summed E-state index contributed by atoms with van der Waals surface area (Å²) in [5.74, 6) is 2.85. The monoisotopic (exact) mass is 396 g/mol. The van der Waals surface area contributed by atoms with Crippen molar-refractivity contribution in [2.75, 3.05) is 17.7 Å². The highest BCUT2D eigenvalue weighted by atomic mass is 32.2. The highest BCUT2D eigenvalue weighted by molar-refractivity contribution is 8.01. The number of anilines is 1. The van der Waals surface area contributed by atoms with Crippen LogP contribution in [0.4, 0.5) is 9.93 Å². The van der Waals surface area contributed by atoms with Gasteiger partial charge in [0.25, 0.3) is 0 Å². The topological polar surface area (TPSA) is 93.2 Å². The van der Waals surface area contributed by atoms with Gasteiger partial charge < -0.3 is 10.1 Å². The Bertz CT molecular complexity index is 658. The molecule has 0 atom stereocenters. The first-order valence-electron chi connectivity index (χ1n) is 9.24. The molecule has 4 saturated carbocycles. The fourth-order valence-electron chi connectivity index (χ4n) is 5.30. The van der Waals surface area contributed by atoms with Gasteiger partial charge in [0.15, 0.2) is 4.34 Å². The van der Waals surface area contributed by atoms with Crippen LogP contribution in [0.5, 0.6) is 0 Å². The highest BCUT2D eigenvalue weighted by Gasteiger charge is 2.51. The molecule has 7 nitrogen and oxygen atoms in total. The third-order valence-electron chi connectivity index (χ3n) is 5.66. The number of rotatable bonds is 6. The Labute approximate surface area is 161 Å². The zero-order chi connectivity index (χ0) is 18.1. The van der Waals surface area contributed by atoms with E-state index >= 15 is 0 Å². The minimum Gasteiger partial charge on any atom is -0.450 e. The van der Waals surface area contributed by atoms with Crippen LogP contribution in [0.3, 0.4) is 0 Å². The number of amides is 2. The Morgan fingerprint density at radius 1 is 1.19 bits per heavy atom. The Morgan fingerprint density at radius 2 is 1.85 bits per heavy atom. The number of thioether (sulfide) groups is 1. The van der Waals surface area contributed by atoms with Gasteiger partial charge >= 0.3 is 6.09 Å². The first kappa shape index (κ1) is 18.0. The van der Waals surface area contributed by atoms with E-state index in [-0.39, 0.29) is 11.4 Å². The standard InChI is InChI=1S/C17H24N4O3S2/c1-2-24-15(23)18-14-20-21-16(26-14)25-9-13(22)19-17-6-10-3-11(7-17)5-12(4-10)8-17/h10-12H,2-9H2,1H3,(H,19,22)(H,18,20,23). The van der Waals surface area contributed by atoms with E-state index in [9.17, 15) is 9.59 Å². The van der Waals surface area contributed by atoms with Gasteiger partial charge in [0, 0.05) is 5.54 Å². The lowest BCUT2D eigenvalue weighted by atomic mass is 9.53. The van der Waals surface area contributed by atoms with Crippen LogP contribution in [0.1, 0.15) is 45.4 Å². The van der Waals surface area contributed by atoms with Gasteiger partial charge in [0.1, 0.15) is 0 Å². The largest absolute Gasteiger partial charge is 0.450 e. The van der Waals surface area contributed by atoms with Gasteiger partial charge in [-0.3, -0.25) is 10.1 Å². The number of hydrogen-bond donors (Lipinski definition) is 2. The lowest BCUT2D eigenvalue weighted by Gasteiger charge is -2.56. The molecule has 0 radical (unpaired) electrons. The summed E-state index contributed by atoms with van der Waals surface area (Å²) in [6.45, 7) is 2.04. The summed E-state index contributed by atoms with van der Waals surface area (Å²) in [4.78, 5) is 23.9. The number of nitrogens with zero attached hydrogens (tertiary/aromatic N) is 2. The predicted octanol–water partition coefficient (Wildman–Crippen LogP) is 3.28. The smallest absolute Gasteiger partial charge is 0.413 e. The Kier molecular flexibility index (Phi) is 5.09. The molecule has 4 bridgehead atoms. The van der Waals surface area contributed by atoms with Crippen LogP contribution in [0.2, 0.25) is 0 Å². The maximum absolute atomic E-state index is 12.5. The molecule has 4 aliphatic rings. The number of ether oxygens (including phenoxy) is 1. The molecule has 4 aliphatic carbocycles. The normalized spacial score (nSPS) is 31.7. The molecule has 0 aromatic carbocycles. The molecule has 9 heteroatoms. The number of aromatic nitrogens is 2. The fourth-order valence-corrected chi connectivity index (χ4v) is 6.83. The first-order chi connectivity index (χ1) is 12.5. The van der Waals surface area contributed by atoms with Gasteiger partial charge in [-0.15, -0.1) is 10.2 Å². The van der Waals surface area contributed by atoms with E-state index in [1.807, 2.05) is 0 Å². The zero-order valence-electron chi connectivity index (χ0n) is 14.8. The van der Waals surface area contributed by atoms with Gasteiger partial charge in [-0.2, -0.15) is 0 Å². The quantitative estimate of drug-likeness (QED) is 0.566. The molecule has 2 N–H and O–H groups in total. The molecule has 0 unspecified atom stereocenters. The maximum Gasteiger partial charge on any atom is 0.413 e. The lowest BCUT2D eigenvalue weighted by molar-refractivity contribution is -0.124. The van der Waals surface area contributed by atoms with E-state index in [0.717, 1.165) is 37.0 Å². The number of carbonyl (C=O) groups is 2. The Morgan fingerprint density at radius 3 is 2.46 bits per heavy atom. The minimum absolute atomic E-state index is 0.0458. The average Bonchev–Trinajstić information content (AvgIpc) is 2.98. The summed E-state index contributed by atoms with van der Waals surface area (Å²) in [6, 6.07) is 0. The summed E-state index contributed by atoms with van der Waals surface area (Å²) in [6.07, 6.45) is 7.02. The molecule has 1 heterocycles. The van der Waals surface area contributed by atoms with Crippen molar-refractivity contribution >= 4 is 40.2 Å². The van der Waals surface area contributed by atoms with Crippen molar-refractivity contribution in [1.82, 2.24) is 15.5 Å². The molecule has 0 saturated heterocycles. The number of hydrogen-bond acceptors (Lipinski definition) is 7. The Balaban J connectivity index is 1.27. The minimum atomic E-state index is -0.542. The number of carbonyl (C=O) groups excluding carboxylic acids is 2. The lowest BCUT2D eigenvalue weighted by Crippen LogP contribution is -2.60. The molecule has 0 aliphatic heterocycles. The third-order valence-corrected chi connectivity index (χ3v) is 7.63. The number of nitrogens with one attached hydrogen (secondary N) is 2. The van der Waals surface area contributed by atoms with E-state index < -0.39 is 6.09 Å². The van der Waals surface area contributed by atoms with Gasteiger partial charge in [0.2, 0.25) is 11.0 Å². The van der Waals surface area contributed by atoms with Gasteiger partial charge in [0.05, 0.1) is 12.4 Å². The van der Waals surface area contributed by atoms with E-state index in [1.165, 1.54) is 42.4 Å². The predicted molar refractivity (Wildman–Crippen MR) is 100 cm³/mol. The van der Waals surface area contributed by atoms with Crippen molar-refractivity contribution in [3.05, 3.63) is 0 Å². The van der Waals surface area contributed by atoms with Crippen LogP contribution in [-0.2, 0) is 9.53 Å². The van der Waals surface area contributed by atoms with Crippen LogP contribution in [-0.4, -0.2) is 40.1 Å². The van der Waals surface area contributed by atoms with E-state index in [4.69, 9.17) is 4.74 Å². The van der Waals surface area contributed by atoms with Gasteiger partial charge in [-0.05, 0) is 63.2 Å². The van der Waals surface area contributed by atoms with Gasteiger partial charge in [-0.1, -0.05) is 23.1 Å². The first-order valence-corrected chi connectivity index (χ1v) is 11.0. The molecule has 2 amide bonds. The Hall–Kier alpha value is -1.35. The van der Waals surface area contributed by atoms with Crippen molar-refractivity contribution in [3.8, 4) is 0 Å². The third kappa shape index (κ3) is 3.98. The van der Waals surface area contributed by atoms with E-state index in [0.29, 0.717) is 21.8 Å². The van der Waals surface area contributed by atoms with Crippen LogP contribution < -0.4 is 10.6 Å². The molecule has 142 valence electrons. The van der Waals surface area contributed by atoms with Gasteiger partial charge in [-0.25, -0.2) is 4.79 Å². The fraction of sp³-hybridized carbons (Fsp3) is 0.765. The summed E-state index contributed by atoms with van der Waals surface area (Å²) in [7, 11) is 0. The van der Waals surface area contributed by atoms with Crippen molar-refractivity contribution in [3.63, 3.8) is 0 Å². The van der Waals surface area contributed by atoms with Crippen LogP contribution >= 0.6 is 23.1 Å². The summed E-state index contributed by atoms with van der Waals surface area (Å²) in [5, 5.41) is 14.2. The second kappa shape index (κ2) is 7.34. The molecule has 1 aromatic heterocycles. The molecule has 26 heavy (non-hydrogen) atoms. The van der Waals surface area contributed by atoms with E-state index in [1.54, 1.807) is 6.92 Å². The molecule has 1 aromatic rings. The van der Waals surface area contributed by atoms with E-state index in [2.05, 4.69) is 20.8 Å². The molecular formula is C17H24N4O3S2. The van der Waals surface area contributed by atoms with Crippen molar-refractivity contribution in [2.45, 2.75) is 55.3 Å². The summed E-state index contributed by atoms with van der Waals surface area (Å²) < 4.78 is 5.47.